The van der Waals surface area contributed by atoms with Crippen LogP contribution in [0.2, 0.25) is 0 Å². The monoisotopic (exact) mass is 207 g/mol. The lowest BCUT2D eigenvalue weighted by atomic mass is 10.2. The quantitative estimate of drug-likeness (QED) is 0.616. The van der Waals surface area contributed by atoms with Gasteiger partial charge in [0.1, 0.15) is 0 Å². The summed E-state index contributed by atoms with van der Waals surface area (Å²) in [4.78, 5) is 13.4. The van der Waals surface area contributed by atoms with Crippen LogP contribution >= 0.6 is 11.6 Å². The number of amides is 1. The number of rotatable bonds is 6. The first-order valence-corrected chi connectivity index (χ1v) is 5.04. The van der Waals surface area contributed by atoms with Crippen molar-refractivity contribution in [3.05, 3.63) is 0 Å². The van der Waals surface area contributed by atoms with E-state index in [-0.39, 0.29) is 11.8 Å². The maximum Gasteiger partial charge on any atom is 0.226 e. The van der Waals surface area contributed by atoms with Gasteiger partial charge in [0.05, 0.1) is 6.61 Å². The third-order valence-electron chi connectivity index (χ3n) is 1.91. The normalized spacial score (nSPS) is 12.6. The molecule has 0 N–H and O–H groups in total. The lowest BCUT2D eigenvalue weighted by molar-refractivity contribution is -0.134. The SMILES string of the molecule is CCN(CCOC)C(=O)C(C)CCl. The number of likely N-dealkylation sites (N-methyl/N-ethyl adjacent to an activating group) is 1. The van der Waals surface area contributed by atoms with E-state index in [0.29, 0.717) is 25.6 Å². The fourth-order valence-electron chi connectivity index (χ4n) is 1.00. The zero-order valence-electron chi connectivity index (χ0n) is 8.55. The fourth-order valence-corrected chi connectivity index (χ4v) is 1.14. The minimum Gasteiger partial charge on any atom is -0.383 e. The Morgan fingerprint density at radius 1 is 1.62 bits per heavy atom. The number of hydrogen-bond donors (Lipinski definition) is 0. The minimum atomic E-state index is -0.0986. The molecule has 13 heavy (non-hydrogen) atoms. The first-order chi connectivity index (χ1) is 6.17. The molecule has 3 nitrogen and oxygen atoms in total. The third-order valence-corrected chi connectivity index (χ3v) is 2.37. The summed E-state index contributed by atoms with van der Waals surface area (Å²) in [5, 5.41) is 0. The summed E-state index contributed by atoms with van der Waals surface area (Å²) in [5.41, 5.74) is 0. The number of ether oxygens (including phenoxy) is 1. The first-order valence-electron chi connectivity index (χ1n) is 4.51. The second-order valence-electron chi connectivity index (χ2n) is 2.97. The Kier molecular flexibility index (Phi) is 7.00. The van der Waals surface area contributed by atoms with Crippen molar-refractivity contribution in [2.45, 2.75) is 13.8 Å². The van der Waals surface area contributed by atoms with E-state index in [0.717, 1.165) is 0 Å². The van der Waals surface area contributed by atoms with Gasteiger partial charge in [0, 0.05) is 32.0 Å². The van der Waals surface area contributed by atoms with Crippen LogP contribution in [0, 0.1) is 5.92 Å². The molecule has 0 aliphatic carbocycles. The Morgan fingerprint density at radius 2 is 2.23 bits per heavy atom. The lowest BCUT2D eigenvalue weighted by Crippen LogP contribution is -2.37. The highest BCUT2D eigenvalue weighted by Crippen LogP contribution is 2.04. The van der Waals surface area contributed by atoms with Crippen molar-refractivity contribution in [2.75, 3.05) is 32.7 Å². The standard InChI is InChI=1S/C9H18ClNO2/c1-4-11(5-6-13-3)9(12)8(2)7-10/h8H,4-7H2,1-3H3. The van der Waals surface area contributed by atoms with E-state index in [2.05, 4.69) is 0 Å². The molecule has 1 unspecified atom stereocenters. The van der Waals surface area contributed by atoms with E-state index in [4.69, 9.17) is 16.3 Å². The van der Waals surface area contributed by atoms with Gasteiger partial charge in [-0.05, 0) is 6.92 Å². The molecule has 0 aromatic rings. The maximum absolute atomic E-state index is 11.6. The average molecular weight is 208 g/mol. The van der Waals surface area contributed by atoms with Crippen molar-refractivity contribution in [1.82, 2.24) is 4.90 Å². The molecule has 0 bridgehead atoms. The first kappa shape index (κ1) is 12.7. The summed E-state index contributed by atoms with van der Waals surface area (Å²) in [7, 11) is 1.63. The summed E-state index contributed by atoms with van der Waals surface area (Å²) < 4.78 is 4.91. The summed E-state index contributed by atoms with van der Waals surface area (Å²) >= 11 is 5.60. The number of carbonyl (C=O) groups is 1. The van der Waals surface area contributed by atoms with Crippen molar-refractivity contribution < 1.29 is 9.53 Å². The topological polar surface area (TPSA) is 29.5 Å². The van der Waals surface area contributed by atoms with Crippen molar-refractivity contribution in [1.29, 1.82) is 0 Å². The van der Waals surface area contributed by atoms with Crippen LogP contribution in [-0.2, 0) is 9.53 Å². The average Bonchev–Trinajstić information content (AvgIpc) is 2.17. The van der Waals surface area contributed by atoms with Crippen LogP contribution in [0.1, 0.15) is 13.8 Å². The van der Waals surface area contributed by atoms with E-state index in [1.165, 1.54) is 0 Å². The Bertz CT molecular complexity index is 153. The number of nitrogens with zero attached hydrogens (tertiary/aromatic N) is 1. The van der Waals surface area contributed by atoms with Crippen molar-refractivity contribution in [3.63, 3.8) is 0 Å². The van der Waals surface area contributed by atoms with E-state index in [1.54, 1.807) is 12.0 Å². The molecule has 0 aromatic carbocycles. The molecule has 0 aromatic heterocycles. The summed E-state index contributed by atoms with van der Waals surface area (Å²) in [6.07, 6.45) is 0. The van der Waals surface area contributed by atoms with Gasteiger partial charge >= 0.3 is 0 Å². The smallest absolute Gasteiger partial charge is 0.226 e. The maximum atomic E-state index is 11.6. The van der Waals surface area contributed by atoms with Gasteiger partial charge < -0.3 is 9.64 Å². The molecule has 1 amide bonds. The summed E-state index contributed by atoms with van der Waals surface area (Å²) in [6, 6.07) is 0. The number of hydrogen-bond acceptors (Lipinski definition) is 2. The van der Waals surface area contributed by atoms with Crippen LogP contribution in [0.4, 0.5) is 0 Å². The molecule has 0 fully saturated rings. The van der Waals surface area contributed by atoms with Crippen LogP contribution < -0.4 is 0 Å². The second-order valence-corrected chi connectivity index (χ2v) is 3.27. The predicted molar refractivity (Wildman–Crippen MR) is 54.0 cm³/mol. The number of halogens is 1. The number of carbonyl (C=O) groups excluding carboxylic acids is 1. The molecule has 0 heterocycles. The van der Waals surface area contributed by atoms with Crippen molar-refractivity contribution in [2.24, 2.45) is 5.92 Å². The van der Waals surface area contributed by atoms with Gasteiger partial charge in [0.15, 0.2) is 0 Å². The van der Waals surface area contributed by atoms with E-state index in [9.17, 15) is 4.79 Å². The Balaban J connectivity index is 3.98. The highest BCUT2D eigenvalue weighted by molar-refractivity contribution is 6.19. The van der Waals surface area contributed by atoms with E-state index >= 15 is 0 Å². The molecule has 0 radical (unpaired) electrons. The Morgan fingerprint density at radius 3 is 2.62 bits per heavy atom. The van der Waals surface area contributed by atoms with E-state index in [1.807, 2.05) is 13.8 Å². The van der Waals surface area contributed by atoms with Gasteiger partial charge in [-0.3, -0.25) is 4.79 Å². The fraction of sp³-hybridized carbons (Fsp3) is 0.889. The molecule has 4 heteroatoms. The molecule has 0 aliphatic heterocycles. The Labute approximate surface area is 85.0 Å². The van der Waals surface area contributed by atoms with Crippen LogP contribution in [-0.4, -0.2) is 43.5 Å². The highest BCUT2D eigenvalue weighted by atomic mass is 35.5. The van der Waals surface area contributed by atoms with Crippen LogP contribution in [0.25, 0.3) is 0 Å². The highest BCUT2D eigenvalue weighted by Gasteiger charge is 2.17. The molecule has 0 saturated heterocycles. The van der Waals surface area contributed by atoms with Crippen LogP contribution in [0.3, 0.4) is 0 Å². The van der Waals surface area contributed by atoms with Crippen molar-refractivity contribution in [3.8, 4) is 0 Å². The van der Waals surface area contributed by atoms with Gasteiger partial charge in [-0.2, -0.15) is 0 Å². The molecule has 0 saturated carbocycles. The minimum absolute atomic E-state index is 0.0986. The molecular weight excluding hydrogens is 190 g/mol. The van der Waals surface area contributed by atoms with Gasteiger partial charge in [-0.1, -0.05) is 6.92 Å². The molecule has 1 atom stereocenters. The lowest BCUT2D eigenvalue weighted by Gasteiger charge is -2.23. The largest absolute Gasteiger partial charge is 0.383 e. The molecular formula is C9H18ClNO2. The molecule has 78 valence electrons. The number of methoxy groups -OCH3 is 1. The Hall–Kier alpha value is -0.280. The van der Waals surface area contributed by atoms with Crippen LogP contribution in [0.5, 0.6) is 0 Å². The van der Waals surface area contributed by atoms with Gasteiger partial charge in [0.2, 0.25) is 5.91 Å². The number of alkyl halides is 1. The molecule has 0 spiro atoms. The zero-order chi connectivity index (χ0) is 10.3. The summed E-state index contributed by atoms with van der Waals surface area (Å²) in [5.74, 6) is 0.385. The van der Waals surface area contributed by atoms with E-state index < -0.39 is 0 Å². The van der Waals surface area contributed by atoms with Crippen molar-refractivity contribution >= 4 is 17.5 Å². The molecule has 0 aliphatic rings. The summed E-state index contributed by atoms with van der Waals surface area (Å²) in [6.45, 7) is 5.73. The second kappa shape index (κ2) is 7.15. The van der Waals surface area contributed by atoms with Gasteiger partial charge in [0.25, 0.3) is 0 Å². The van der Waals surface area contributed by atoms with Crippen LogP contribution in [0.15, 0.2) is 0 Å². The predicted octanol–water partition coefficient (Wildman–Crippen LogP) is 1.36. The third kappa shape index (κ3) is 4.48. The molecule has 0 rings (SSSR count). The van der Waals surface area contributed by atoms with Gasteiger partial charge in [-0.15, -0.1) is 11.6 Å². The van der Waals surface area contributed by atoms with Gasteiger partial charge in [-0.25, -0.2) is 0 Å². The zero-order valence-corrected chi connectivity index (χ0v) is 9.30.